The van der Waals surface area contributed by atoms with Crippen LogP contribution >= 0.6 is 0 Å². The van der Waals surface area contributed by atoms with Crippen LogP contribution in [-0.2, 0) is 18.4 Å². The van der Waals surface area contributed by atoms with Gasteiger partial charge in [0, 0.05) is 19.2 Å². The first-order valence-corrected chi connectivity index (χ1v) is 4.68. The summed E-state index contributed by atoms with van der Waals surface area (Å²) < 4.78 is 1.58. The zero-order chi connectivity index (χ0) is 11.4. The molecule has 0 bridgehead atoms. The third-order valence-corrected chi connectivity index (χ3v) is 2.00. The van der Waals surface area contributed by atoms with Gasteiger partial charge in [0.05, 0.1) is 12.7 Å². The highest BCUT2D eigenvalue weighted by Gasteiger charge is 2.07. The summed E-state index contributed by atoms with van der Waals surface area (Å²) in [5.41, 5.74) is 6.57. The molecule has 0 radical (unpaired) electrons. The molecule has 0 aliphatic rings. The Morgan fingerprint density at radius 3 is 2.80 bits per heavy atom. The van der Waals surface area contributed by atoms with E-state index in [1.807, 2.05) is 19.0 Å². The van der Waals surface area contributed by atoms with E-state index in [1.54, 1.807) is 17.9 Å². The fourth-order valence-corrected chi connectivity index (χ4v) is 1.17. The number of anilines is 1. The Morgan fingerprint density at radius 2 is 2.33 bits per heavy atom. The number of nitrogens with one attached hydrogen (secondary N) is 1. The number of hydrogen-bond acceptors (Lipinski definition) is 4. The van der Waals surface area contributed by atoms with Crippen LogP contribution in [0.1, 0.15) is 5.56 Å². The summed E-state index contributed by atoms with van der Waals surface area (Å²) in [7, 11) is 5.45. The Kier molecular flexibility index (Phi) is 3.68. The van der Waals surface area contributed by atoms with Crippen molar-refractivity contribution in [2.75, 3.05) is 26.4 Å². The summed E-state index contributed by atoms with van der Waals surface area (Å²) >= 11 is 0. The number of amides is 1. The molecule has 6 heteroatoms. The van der Waals surface area contributed by atoms with E-state index >= 15 is 0 Å². The summed E-state index contributed by atoms with van der Waals surface area (Å²) in [6, 6.07) is 0. The average molecular weight is 211 g/mol. The van der Waals surface area contributed by atoms with Gasteiger partial charge in [-0.05, 0) is 14.1 Å². The number of likely N-dealkylation sites (N-methyl/N-ethyl adjacent to an activating group) is 1. The summed E-state index contributed by atoms with van der Waals surface area (Å²) in [6.45, 7) is 0.798. The summed E-state index contributed by atoms with van der Waals surface area (Å²) in [5.74, 6) is 0.559. The van der Waals surface area contributed by atoms with Gasteiger partial charge in [-0.2, -0.15) is 5.10 Å². The van der Waals surface area contributed by atoms with Crippen molar-refractivity contribution in [3.8, 4) is 0 Å². The van der Waals surface area contributed by atoms with E-state index in [1.165, 1.54) is 0 Å². The zero-order valence-corrected chi connectivity index (χ0v) is 9.32. The highest BCUT2D eigenvalue weighted by molar-refractivity contribution is 5.78. The number of carbonyl (C=O) groups excluding carboxylic acids is 1. The molecule has 0 saturated carbocycles. The van der Waals surface area contributed by atoms with Crippen LogP contribution < -0.4 is 11.1 Å². The Labute approximate surface area is 89.0 Å². The van der Waals surface area contributed by atoms with Crippen LogP contribution in [0.25, 0.3) is 0 Å². The quantitative estimate of drug-likeness (QED) is 0.682. The number of carbonyl (C=O) groups is 1. The second kappa shape index (κ2) is 4.79. The molecule has 1 rings (SSSR count). The lowest BCUT2D eigenvalue weighted by molar-refractivity contribution is -0.121. The normalized spacial score (nSPS) is 10.7. The van der Waals surface area contributed by atoms with Crippen molar-refractivity contribution in [1.82, 2.24) is 20.0 Å². The minimum Gasteiger partial charge on any atom is -0.384 e. The molecule has 1 aromatic rings. The molecule has 6 nitrogen and oxygen atoms in total. The van der Waals surface area contributed by atoms with Crippen molar-refractivity contribution < 1.29 is 4.79 Å². The molecule has 3 N–H and O–H groups in total. The molecule has 1 heterocycles. The fraction of sp³-hybridized carbons (Fsp3) is 0.556. The van der Waals surface area contributed by atoms with Gasteiger partial charge >= 0.3 is 0 Å². The number of nitrogens with two attached hydrogens (primary N) is 1. The van der Waals surface area contributed by atoms with Gasteiger partial charge in [-0.25, -0.2) is 0 Å². The van der Waals surface area contributed by atoms with E-state index in [0.29, 0.717) is 18.9 Å². The minimum absolute atomic E-state index is 0.0248. The van der Waals surface area contributed by atoms with E-state index in [-0.39, 0.29) is 5.91 Å². The number of nitrogens with zero attached hydrogens (tertiary/aromatic N) is 3. The van der Waals surface area contributed by atoms with Crippen molar-refractivity contribution in [2.45, 2.75) is 6.54 Å². The fourth-order valence-electron chi connectivity index (χ4n) is 1.17. The maximum atomic E-state index is 11.3. The highest BCUT2D eigenvalue weighted by Crippen LogP contribution is 2.07. The lowest BCUT2D eigenvalue weighted by Crippen LogP contribution is -2.32. The molecule has 15 heavy (non-hydrogen) atoms. The monoisotopic (exact) mass is 211 g/mol. The molecule has 0 aliphatic carbocycles. The largest absolute Gasteiger partial charge is 0.384 e. The second-order valence-electron chi connectivity index (χ2n) is 3.69. The summed E-state index contributed by atoms with van der Waals surface area (Å²) in [4.78, 5) is 13.1. The standard InChI is InChI=1S/C9H17N5O/c1-13(2)6-8(15)11-4-7-5-12-14(3)9(7)10/h5H,4,6,10H2,1-3H3,(H,11,15). The molecule has 0 saturated heterocycles. The van der Waals surface area contributed by atoms with Gasteiger partial charge < -0.3 is 16.0 Å². The SMILES string of the molecule is CN(C)CC(=O)NCc1cnn(C)c1N. The molecule has 0 fully saturated rings. The number of aryl methyl sites for hydroxylation is 1. The number of aromatic nitrogens is 2. The zero-order valence-electron chi connectivity index (χ0n) is 9.32. The minimum atomic E-state index is -0.0248. The maximum Gasteiger partial charge on any atom is 0.234 e. The topological polar surface area (TPSA) is 76.2 Å². The Hall–Kier alpha value is -1.56. The summed E-state index contributed by atoms with van der Waals surface area (Å²) in [6.07, 6.45) is 1.66. The third-order valence-electron chi connectivity index (χ3n) is 2.00. The van der Waals surface area contributed by atoms with Gasteiger partial charge in [-0.3, -0.25) is 9.48 Å². The lowest BCUT2D eigenvalue weighted by Gasteiger charge is -2.09. The van der Waals surface area contributed by atoms with Crippen LogP contribution in [0.2, 0.25) is 0 Å². The molecule has 84 valence electrons. The first-order chi connectivity index (χ1) is 7.00. The van der Waals surface area contributed by atoms with Gasteiger partial charge in [-0.1, -0.05) is 0 Å². The molecule has 0 spiro atoms. The average Bonchev–Trinajstić information content (AvgIpc) is 2.44. The number of rotatable bonds is 4. The first kappa shape index (κ1) is 11.5. The van der Waals surface area contributed by atoms with Crippen LogP contribution in [0.5, 0.6) is 0 Å². The van der Waals surface area contributed by atoms with E-state index in [9.17, 15) is 4.79 Å². The van der Waals surface area contributed by atoms with Crippen molar-refractivity contribution in [3.63, 3.8) is 0 Å². The van der Waals surface area contributed by atoms with E-state index in [4.69, 9.17) is 5.73 Å². The Balaban J connectivity index is 2.44. The van der Waals surface area contributed by atoms with Gasteiger partial charge in [0.2, 0.25) is 5.91 Å². The smallest absolute Gasteiger partial charge is 0.234 e. The van der Waals surface area contributed by atoms with Gasteiger partial charge in [0.15, 0.2) is 0 Å². The molecular formula is C9H17N5O. The molecule has 0 aliphatic heterocycles. The summed E-state index contributed by atoms with van der Waals surface area (Å²) in [5, 5.41) is 6.76. The highest BCUT2D eigenvalue weighted by atomic mass is 16.1. The van der Waals surface area contributed by atoms with E-state index in [2.05, 4.69) is 10.4 Å². The molecule has 0 unspecified atom stereocenters. The molecular weight excluding hydrogens is 194 g/mol. The molecule has 1 amide bonds. The second-order valence-corrected chi connectivity index (χ2v) is 3.69. The van der Waals surface area contributed by atoms with Gasteiger partial charge in [0.1, 0.15) is 5.82 Å². The third kappa shape index (κ3) is 3.25. The molecule has 0 atom stereocenters. The van der Waals surface area contributed by atoms with Crippen LogP contribution in [-0.4, -0.2) is 41.2 Å². The van der Waals surface area contributed by atoms with Gasteiger partial charge in [0.25, 0.3) is 0 Å². The predicted molar refractivity (Wildman–Crippen MR) is 58.0 cm³/mol. The maximum absolute atomic E-state index is 11.3. The molecule has 0 aromatic carbocycles. The van der Waals surface area contributed by atoms with Crippen molar-refractivity contribution in [1.29, 1.82) is 0 Å². The molecule has 1 aromatic heterocycles. The predicted octanol–water partition coefficient (Wildman–Crippen LogP) is -0.820. The Bertz CT molecular complexity index is 344. The van der Waals surface area contributed by atoms with E-state index < -0.39 is 0 Å². The number of nitrogen functional groups attached to an aromatic ring is 1. The van der Waals surface area contributed by atoms with Crippen LogP contribution in [0, 0.1) is 0 Å². The van der Waals surface area contributed by atoms with Crippen LogP contribution in [0.4, 0.5) is 5.82 Å². The van der Waals surface area contributed by atoms with Crippen molar-refractivity contribution in [2.24, 2.45) is 7.05 Å². The van der Waals surface area contributed by atoms with Crippen LogP contribution in [0.15, 0.2) is 6.20 Å². The lowest BCUT2D eigenvalue weighted by atomic mass is 10.3. The Morgan fingerprint density at radius 1 is 1.67 bits per heavy atom. The first-order valence-electron chi connectivity index (χ1n) is 4.68. The van der Waals surface area contributed by atoms with E-state index in [0.717, 1.165) is 5.56 Å². The van der Waals surface area contributed by atoms with Crippen molar-refractivity contribution in [3.05, 3.63) is 11.8 Å². The van der Waals surface area contributed by atoms with Gasteiger partial charge in [-0.15, -0.1) is 0 Å². The van der Waals surface area contributed by atoms with Crippen molar-refractivity contribution >= 4 is 11.7 Å². The number of hydrogen-bond donors (Lipinski definition) is 2. The van der Waals surface area contributed by atoms with Crippen LogP contribution in [0.3, 0.4) is 0 Å².